The standard InChI is InChI=1S/C13H15NO2/c15-12(16)14-9-11(8-13(14)6-7-13)10-4-2-1-3-5-10/h1-5,11H,6-9H2,(H,15,16)/t11-/m1/s1. The molecule has 2 aliphatic rings. The molecule has 2 fully saturated rings. The zero-order valence-electron chi connectivity index (χ0n) is 9.10. The van der Waals surface area contributed by atoms with Crippen LogP contribution in [0.4, 0.5) is 4.79 Å². The number of hydrogen-bond donors (Lipinski definition) is 1. The molecule has 3 nitrogen and oxygen atoms in total. The molecule has 1 aliphatic carbocycles. The third kappa shape index (κ3) is 1.39. The van der Waals surface area contributed by atoms with Crippen LogP contribution in [0.1, 0.15) is 30.7 Å². The molecule has 1 N–H and O–H groups in total. The van der Waals surface area contributed by atoms with Gasteiger partial charge in [-0.2, -0.15) is 0 Å². The van der Waals surface area contributed by atoms with Gasteiger partial charge in [-0.15, -0.1) is 0 Å². The average Bonchev–Trinajstić information content (AvgIpc) is 2.92. The van der Waals surface area contributed by atoms with Crippen molar-refractivity contribution in [3.63, 3.8) is 0 Å². The number of amides is 1. The van der Waals surface area contributed by atoms with E-state index in [0.717, 1.165) is 19.3 Å². The van der Waals surface area contributed by atoms with Crippen molar-refractivity contribution in [1.29, 1.82) is 0 Å². The molecule has 1 saturated carbocycles. The topological polar surface area (TPSA) is 40.5 Å². The molecule has 1 saturated heterocycles. The first-order valence-electron chi connectivity index (χ1n) is 5.77. The smallest absolute Gasteiger partial charge is 0.407 e. The van der Waals surface area contributed by atoms with Crippen molar-refractivity contribution in [1.82, 2.24) is 4.90 Å². The normalized spacial score (nSPS) is 26.0. The first-order valence-corrected chi connectivity index (χ1v) is 5.77. The Labute approximate surface area is 94.7 Å². The van der Waals surface area contributed by atoms with Gasteiger partial charge in [0.2, 0.25) is 0 Å². The fourth-order valence-corrected chi connectivity index (χ4v) is 2.90. The van der Waals surface area contributed by atoms with Crippen molar-refractivity contribution < 1.29 is 9.90 Å². The first-order chi connectivity index (χ1) is 7.71. The number of carboxylic acid groups (broad SMARTS) is 1. The number of nitrogens with zero attached hydrogens (tertiary/aromatic N) is 1. The highest BCUT2D eigenvalue weighted by Crippen LogP contribution is 2.53. The predicted octanol–water partition coefficient (Wildman–Crippen LogP) is 2.69. The van der Waals surface area contributed by atoms with E-state index in [0.29, 0.717) is 12.5 Å². The third-order valence-electron chi connectivity index (χ3n) is 3.93. The van der Waals surface area contributed by atoms with Crippen molar-refractivity contribution in [2.24, 2.45) is 0 Å². The van der Waals surface area contributed by atoms with Crippen LogP contribution >= 0.6 is 0 Å². The van der Waals surface area contributed by atoms with Crippen LogP contribution in [0.2, 0.25) is 0 Å². The van der Waals surface area contributed by atoms with Gasteiger partial charge < -0.3 is 10.0 Å². The van der Waals surface area contributed by atoms with E-state index in [1.165, 1.54) is 5.56 Å². The molecule has 1 aromatic carbocycles. The zero-order chi connectivity index (χ0) is 11.2. The lowest BCUT2D eigenvalue weighted by atomic mass is 9.96. The molecule has 16 heavy (non-hydrogen) atoms. The minimum atomic E-state index is -0.754. The molecule has 0 unspecified atom stereocenters. The molecular weight excluding hydrogens is 202 g/mol. The van der Waals surface area contributed by atoms with E-state index in [-0.39, 0.29) is 5.54 Å². The lowest BCUT2D eigenvalue weighted by Crippen LogP contribution is -2.35. The minimum absolute atomic E-state index is 0.00760. The van der Waals surface area contributed by atoms with Crippen molar-refractivity contribution >= 4 is 6.09 Å². The van der Waals surface area contributed by atoms with Crippen LogP contribution in [0.3, 0.4) is 0 Å². The molecule has 0 bridgehead atoms. The van der Waals surface area contributed by atoms with Crippen LogP contribution in [0.25, 0.3) is 0 Å². The van der Waals surface area contributed by atoms with Crippen molar-refractivity contribution in [3.8, 4) is 0 Å². The Hall–Kier alpha value is -1.51. The second-order valence-corrected chi connectivity index (χ2v) is 4.93. The number of benzene rings is 1. The van der Waals surface area contributed by atoms with Crippen LogP contribution < -0.4 is 0 Å². The van der Waals surface area contributed by atoms with Gasteiger partial charge in [-0.25, -0.2) is 4.79 Å². The summed E-state index contributed by atoms with van der Waals surface area (Å²) in [6, 6.07) is 10.3. The highest BCUT2D eigenvalue weighted by atomic mass is 16.4. The van der Waals surface area contributed by atoms with E-state index in [4.69, 9.17) is 0 Å². The van der Waals surface area contributed by atoms with Gasteiger partial charge in [0.15, 0.2) is 0 Å². The van der Waals surface area contributed by atoms with Crippen LogP contribution in [-0.2, 0) is 0 Å². The van der Waals surface area contributed by atoms with Gasteiger partial charge in [0, 0.05) is 18.0 Å². The van der Waals surface area contributed by atoms with Crippen LogP contribution in [-0.4, -0.2) is 28.2 Å². The predicted molar refractivity (Wildman–Crippen MR) is 60.5 cm³/mol. The minimum Gasteiger partial charge on any atom is -0.465 e. The van der Waals surface area contributed by atoms with Gasteiger partial charge in [0.25, 0.3) is 0 Å². The molecule has 3 heteroatoms. The van der Waals surface area contributed by atoms with Gasteiger partial charge >= 0.3 is 6.09 Å². The van der Waals surface area contributed by atoms with E-state index in [9.17, 15) is 9.90 Å². The van der Waals surface area contributed by atoms with E-state index < -0.39 is 6.09 Å². The average molecular weight is 217 g/mol. The Morgan fingerprint density at radius 1 is 1.31 bits per heavy atom. The number of rotatable bonds is 1. The lowest BCUT2D eigenvalue weighted by Gasteiger charge is -2.19. The van der Waals surface area contributed by atoms with Crippen molar-refractivity contribution in [2.75, 3.05) is 6.54 Å². The van der Waals surface area contributed by atoms with Gasteiger partial charge in [0.1, 0.15) is 0 Å². The molecule has 84 valence electrons. The van der Waals surface area contributed by atoms with Crippen molar-refractivity contribution in [3.05, 3.63) is 35.9 Å². The maximum atomic E-state index is 11.2. The summed E-state index contributed by atoms with van der Waals surface area (Å²) in [4.78, 5) is 12.8. The summed E-state index contributed by atoms with van der Waals surface area (Å²) >= 11 is 0. The summed E-state index contributed by atoms with van der Waals surface area (Å²) < 4.78 is 0. The van der Waals surface area contributed by atoms with Crippen LogP contribution in [0, 0.1) is 0 Å². The Kier molecular flexibility index (Phi) is 1.96. The van der Waals surface area contributed by atoms with E-state index in [2.05, 4.69) is 12.1 Å². The molecule has 0 radical (unpaired) electrons. The molecule has 1 spiro atoms. The highest BCUT2D eigenvalue weighted by molar-refractivity contribution is 5.68. The monoisotopic (exact) mass is 217 g/mol. The zero-order valence-corrected chi connectivity index (χ0v) is 9.10. The SMILES string of the molecule is O=C(O)N1C[C@H](c2ccccc2)CC12CC2. The summed E-state index contributed by atoms with van der Waals surface area (Å²) in [6.45, 7) is 0.666. The Balaban J connectivity index is 1.84. The lowest BCUT2D eigenvalue weighted by molar-refractivity contribution is 0.135. The summed E-state index contributed by atoms with van der Waals surface area (Å²) in [5.41, 5.74) is 1.27. The number of carbonyl (C=O) groups is 1. The molecule has 1 amide bonds. The van der Waals surface area contributed by atoms with E-state index >= 15 is 0 Å². The summed E-state index contributed by atoms with van der Waals surface area (Å²) in [5, 5.41) is 9.18. The van der Waals surface area contributed by atoms with E-state index in [1.54, 1.807) is 4.90 Å². The fraction of sp³-hybridized carbons (Fsp3) is 0.462. The Bertz CT molecular complexity index is 411. The Morgan fingerprint density at radius 2 is 2.00 bits per heavy atom. The largest absolute Gasteiger partial charge is 0.465 e. The van der Waals surface area contributed by atoms with E-state index in [1.807, 2.05) is 18.2 Å². The quantitative estimate of drug-likeness (QED) is 0.785. The molecule has 1 aliphatic heterocycles. The molecule has 0 aromatic heterocycles. The fourth-order valence-electron chi connectivity index (χ4n) is 2.90. The summed E-state index contributed by atoms with van der Waals surface area (Å²) in [5.74, 6) is 0.389. The molecule has 1 aromatic rings. The summed E-state index contributed by atoms with van der Waals surface area (Å²) in [6.07, 6.45) is 2.34. The van der Waals surface area contributed by atoms with Crippen LogP contribution in [0.15, 0.2) is 30.3 Å². The molecule has 3 rings (SSSR count). The maximum absolute atomic E-state index is 11.2. The number of hydrogen-bond acceptors (Lipinski definition) is 1. The Morgan fingerprint density at radius 3 is 2.50 bits per heavy atom. The van der Waals surface area contributed by atoms with Gasteiger partial charge in [0.05, 0.1) is 0 Å². The maximum Gasteiger partial charge on any atom is 0.407 e. The van der Waals surface area contributed by atoms with Gasteiger partial charge in [-0.3, -0.25) is 0 Å². The highest BCUT2D eigenvalue weighted by Gasteiger charge is 2.56. The molecular formula is C13H15NO2. The third-order valence-corrected chi connectivity index (χ3v) is 3.93. The van der Waals surface area contributed by atoms with Crippen LogP contribution in [0.5, 0.6) is 0 Å². The van der Waals surface area contributed by atoms with Gasteiger partial charge in [-0.1, -0.05) is 30.3 Å². The molecule has 1 atom stereocenters. The second kappa shape index (κ2) is 3.24. The molecule has 1 heterocycles. The second-order valence-electron chi connectivity index (χ2n) is 4.93. The first kappa shape index (κ1) is 9.70. The van der Waals surface area contributed by atoms with Crippen molar-refractivity contribution in [2.45, 2.75) is 30.7 Å². The summed E-state index contributed by atoms with van der Waals surface area (Å²) in [7, 11) is 0. The number of likely N-dealkylation sites (tertiary alicyclic amines) is 1. The van der Waals surface area contributed by atoms with Gasteiger partial charge in [-0.05, 0) is 24.8 Å².